The van der Waals surface area contributed by atoms with E-state index in [1.54, 1.807) is 0 Å². The zero-order valence-electron chi connectivity index (χ0n) is 10.6. The van der Waals surface area contributed by atoms with Crippen LogP contribution < -0.4 is 11.1 Å². The Kier molecular flexibility index (Phi) is 5.87. The largest absolute Gasteiger partial charge is 0.469 e. The van der Waals surface area contributed by atoms with E-state index >= 15 is 0 Å². The van der Waals surface area contributed by atoms with Gasteiger partial charge in [0.2, 0.25) is 0 Å². The van der Waals surface area contributed by atoms with Crippen LogP contribution in [0.4, 0.5) is 4.79 Å². The maximum absolute atomic E-state index is 11.5. The number of primary amides is 1. The van der Waals surface area contributed by atoms with Crippen molar-refractivity contribution >= 4 is 12.0 Å². The first kappa shape index (κ1) is 14.7. The van der Waals surface area contributed by atoms with Crippen molar-refractivity contribution < 1.29 is 19.4 Å². The van der Waals surface area contributed by atoms with Gasteiger partial charge in [0.05, 0.1) is 13.0 Å². The molecule has 1 aliphatic heterocycles. The summed E-state index contributed by atoms with van der Waals surface area (Å²) in [5.74, 6) is -0.669. The Hall–Kier alpha value is -1.34. The molecule has 4 N–H and O–H groups in total. The van der Waals surface area contributed by atoms with Crippen LogP contribution in [0.1, 0.15) is 12.8 Å². The summed E-state index contributed by atoms with van der Waals surface area (Å²) in [6, 6.07) is -0.528. The number of nitrogens with zero attached hydrogens (tertiary/aromatic N) is 1. The second-order valence-electron chi connectivity index (χ2n) is 4.43. The molecular formula is C11H21N3O4. The van der Waals surface area contributed by atoms with Gasteiger partial charge < -0.3 is 25.8 Å². The monoisotopic (exact) mass is 259 g/mol. The number of aliphatic hydroxyl groups is 1. The van der Waals surface area contributed by atoms with Crippen LogP contribution in [0.2, 0.25) is 0 Å². The molecule has 104 valence electrons. The van der Waals surface area contributed by atoms with Gasteiger partial charge in [-0.3, -0.25) is 4.79 Å². The molecule has 7 nitrogen and oxygen atoms in total. The third kappa shape index (κ3) is 4.15. The minimum atomic E-state index is -0.530. The third-order valence-electron chi connectivity index (χ3n) is 3.06. The highest BCUT2D eigenvalue weighted by Crippen LogP contribution is 2.18. The summed E-state index contributed by atoms with van der Waals surface area (Å²) in [4.78, 5) is 24.2. The number of carbonyl (C=O) groups excluding carboxylic acids is 2. The minimum Gasteiger partial charge on any atom is -0.469 e. The molecule has 1 fully saturated rings. The zero-order chi connectivity index (χ0) is 13.5. The molecule has 7 heteroatoms. The quantitative estimate of drug-likeness (QED) is 0.429. The Morgan fingerprint density at radius 1 is 1.50 bits per heavy atom. The van der Waals surface area contributed by atoms with Gasteiger partial charge in [0, 0.05) is 25.7 Å². The second kappa shape index (κ2) is 7.17. The first-order chi connectivity index (χ1) is 8.58. The van der Waals surface area contributed by atoms with Crippen LogP contribution in [0.5, 0.6) is 0 Å². The molecule has 0 aromatic heterocycles. The highest BCUT2D eigenvalue weighted by molar-refractivity contribution is 5.76. The fraction of sp³-hybridized carbons (Fsp3) is 0.818. The molecule has 0 aromatic carbocycles. The Balaban J connectivity index is 2.56. The van der Waals surface area contributed by atoms with Crippen LogP contribution in [0, 0.1) is 5.92 Å². The lowest BCUT2D eigenvalue weighted by Crippen LogP contribution is -2.54. The molecule has 0 bridgehead atoms. The van der Waals surface area contributed by atoms with Crippen molar-refractivity contribution in [3.8, 4) is 0 Å². The number of urea groups is 1. The van der Waals surface area contributed by atoms with Gasteiger partial charge in [-0.05, 0) is 19.4 Å². The standard InChI is InChI=1S/C11H21N3O4/c1-18-10(16)8-5-9(13-3-2-4-15)7-14(6-8)11(12)17/h8-9,13,15H,2-7H2,1H3,(H2,12,17). The van der Waals surface area contributed by atoms with Gasteiger partial charge in [0.25, 0.3) is 0 Å². The summed E-state index contributed by atoms with van der Waals surface area (Å²) in [5.41, 5.74) is 5.26. The molecule has 2 atom stereocenters. The zero-order valence-corrected chi connectivity index (χ0v) is 10.6. The molecule has 1 rings (SSSR count). The highest BCUT2D eigenvalue weighted by Gasteiger charge is 2.33. The molecule has 0 aliphatic carbocycles. The predicted molar refractivity (Wildman–Crippen MR) is 64.8 cm³/mol. The van der Waals surface area contributed by atoms with Gasteiger partial charge in [-0.1, -0.05) is 0 Å². The average molecular weight is 259 g/mol. The predicted octanol–water partition coefficient (Wildman–Crippen LogP) is -1.10. The number of aliphatic hydroxyl groups excluding tert-OH is 1. The molecule has 18 heavy (non-hydrogen) atoms. The number of amides is 2. The number of methoxy groups -OCH3 is 1. The summed E-state index contributed by atoms with van der Waals surface area (Å²) in [7, 11) is 1.33. The van der Waals surface area contributed by atoms with E-state index in [4.69, 9.17) is 15.6 Å². The number of piperidine rings is 1. The Labute approximate surface area is 106 Å². The van der Waals surface area contributed by atoms with Crippen molar-refractivity contribution in [1.82, 2.24) is 10.2 Å². The number of ether oxygens (including phenoxy) is 1. The molecule has 0 saturated carbocycles. The first-order valence-corrected chi connectivity index (χ1v) is 6.05. The topological polar surface area (TPSA) is 105 Å². The lowest BCUT2D eigenvalue weighted by Gasteiger charge is -2.36. The van der Waals surface area contributed by atoms with Crippen molar-refractivity contribution in [3.05, 3.63) is 0 Å². The van der Waals surface area contributed by atoms with E-state index in [-0.39, 0.29) is 24.5 Å². The van der Waals surface area contributed by atoms with E-state index in [1.807, 2.05) is 0 Å². The van der Waals surface area contributed by atoms with E-state index in [1.165, 1.54) is 12.0 Å². The maximum Gasteiger partial charge on any atom is 0.314 e. The van der Waals surface area contributed by atoms with E-state index in [9.17, 15) is 9.59 Å². The SMILES string of the molecule is COC(=O)C1CC(NCCCO)CN(C(N)=O)C1. The lowest BCUT2D eigenvalue weighted by molar-refractivity contribution is -0.147. The van der Waals surface area contributed by atoms with Crippen LogP contribution in [0.25, 0.3) is 0 Å². The highest BCUT2D eigenvalue weighted by atomic mass is 16.5. The number of esters is 1. The Morgan fingerprint density at radius 2 is 2.22 bits per heavy atom. The maximum atomic E-state index is 11.5. The van der Waals surface area contributed by atoms with E-state index in [2.05, 4.69) is 5.32 Å². The first-order valence-electron chi connectivity index (χ1n) is 6.05. The van der Waals surface area contributed by atoms with Gasteiger partial charge in [-0.2, -0.15) is 0 Å². The third-order valence-corrected chi connectivity index (χ3v) is 3.06. The van der Waals surface area contributed by atoms with Gasteiger partial charge in [-0.25, -0.2) is 4.79 Å². The molecular weight excluding hydrogens is 238 g/mol. The Bertz CT molecular complexity index is 298. The number of rotatable bonds is 5. The molecule has 1 saturated heterocycles. The van der Waals surface area contributed by atoms with E-state index in [0.717, 1.165) is 0 Å². The molecule has 0 spiro atoms. The van der Waals surface area contributed by atoms with Crippen molar-refractivity contribution in [2.45, 2.75) is 18.9 Å². The van der Waals surface area contributed by atoms with Gasteiger partial charge in [0.1, 0.15) is 0 Å². The van der Waals surface area contributed by atoms with Crippen molar-refractivity contribution in [2.75, 3.05) is 33.4 Å². The normalized spacial score (nSPS) is 23.8. The van der Waals surface area contributed by atoms with Gasteiger partial charge in [0.15, 0.2) is 0 Å². The van der Waals surface area contributed by atoms with Gasteiger partial charge in [-0.15, -0.1) is 0 Å². The summed E-state index contributed by atoms with van der Waals surface area (Å²) < 4.78 is 4.71. The molecule has 0 radical (unpaired) electrons. The molecule has 1 aliphatic rings. The summed E-state index contributed by atoms with van der Waals surface area (Å²) in [5, 5.41) is 11.9. The molecule has 2 amide bonds. The summed E-state index contributed by atoms with van der Waals surface area (Å²) in [6.45, 7) is 1.54. The molecule has 2 unspecified atom stereocenters. The fourth-order valence-electron chi connectivity index (χ4n) is 2.15. The van der Waals surface area contributed by atoms with Crippen LogP contribution in [0.3, 0.4) is 0 Å². The van der Waals surface area contributed by atoms with Crippen LogP contribution in [-0.2, 0) is 9.53 Å². The smallest absolute Gasteiger partial charge is 0.314 e. The Morgan fingerprint density at radius 3 is 2.78 bits per heavy atom. The van der Waals surface area contributed by atoms with Crippen LogP contribution >= 0.6 is 0 Å². The second-order valence-corrected chi connectivity index (χ2v) is 4.43. The molecule has 0 aromatic rings. The van der Waals surface area contributed by atoms with Crippen molar-refractivity contribution in [3.63, 3.8) is 0 Å². The lowest BCUT2D eigenvalue weighted by atomic mass is 9.94. The summed E-state index contributed by atoms with van der Waals surface area (Å²) in [6.07, 6.45) is 1.25. The van der Waals surface area contributed by atoms with Crippen LogP contribution in [0.15, 0.2) is 0 Å². The number of likely N-dealkylation sites (tertiary alicyclic amines) is 1. The van der Waals surface area contributed by atoms with Crippen molar-refractivity contribution in [1.29, 1.82) is 0 Å². The minimum absolute atomic E-state index is 0.00176. The van der Waals surface area contributed by atoms with E-state index < -0.39 is 6.03 Å². The number of hydrogen-bond acceptors (Lipinski definition) is 5. The number of carbonyl (C=O) groups is 2. The fourth-order valence-corrected chi connectivity index (χ4v) is 2.15. The van der Waals surface area contributed by atoms with E-state index in [0.29, 0.717) is 32.5 Å². The van der Waals surface area contributed by atoms with Crippen molar-refractivity contribution in [2.24, 2.45) is 11.7 Å². The van der Waals surface area contributed by atoms with Crippen LogP contribution in [-0.4, -0.2) is 61.4 Å². The number of nitrogens with two attached hydrogens (primary N) is 1. The summed E-state index contributed by atoms with van der Waals surface area (Å²) >= 11 is 0. The number of nitrogens with one attached hydrogen (secondary N) is 1. The van der Waals surface area contributed by atoms with Gasteiger partial charge >= 0.3 is 12.0 Å². The molecule has 1 heterocycles. The number of hydrogen-bond donors (Lipinski definition) is 3. The average Bonchev–Trinajstić information content (AvgIpc) is 2.37.